The number of hydrogen-bond donors (Lipinski definition) is 1. The Labute approximate surface area is 106 Å². The van der Waals surface area contributed by atoms with Gasteiger partial charge in [0.2, 0.25) is 0 Å². The fourth-order valence-electron chi connectivity index (χ4n) is 3.60. The third-order valence-corrected chi connectivity index (χ3v) is 4.49. The molecule has 3 nitrogen and oxygen atoms in total. The Kier molecular flexibility index (Phi) is 4.83. The molecule has 0 spiro atoms. The van der Waals surface area contributed by atoms with Gasteiger partial charge in [0.15, 0.2) is 0 Å². The van der Waals surface area contributed by atoms with Gasteiger partial charge in [0.1, 0.15) is 0 Å². The number of ether oxygens (including phenoxy) is 1. The summed E-state index contributed by atoms with van der Waals surface area (Å²) >= 11 is 0. The number of hydrogen-bond acceptors (Lipinski definition) is 3. The van der Waals surface area contributed by atoms with E-state index in [1.54, 1.807) is 0 Å². The molecule has 3 atom stereocenters. The van der Waals surface area contributed by atoms with Crippen molar-refractivity contribution >= 4 is 0 Å². The maximum absolute atomic E-state index is 5.44. The van der Waals surface area contributed by atoms with E-state index in [9.17, 15) is 0 Å². The topological polar surface area (TPSA) is 24.5 Å². The van der Waals surface area contributed by atoms with Crippen LogP contribution in [-0.2, 0) is 4.74 Å². The van der Waals surface area contributed by atoms with E-state index < -0.39 is 0 Å². The summed E-state index contributed by atoms with van der Waals surface area (Å²) in [4.78, 5) is 2.73. The predicted molar refractivity (Wildman–Crippen MR) is 71.3 cm³/mol. The molecule has 1 N–H and O–H groups in total. The molecule has 0 radical (unpaired) electrons. The molecule has 0 amide bonds. The van der Waals surface area contributed by atoms with Crippen LogP contribution in [0.5, 0.6) is 0 Å². The summed E-state index contributed by atoms with van der Waals surface area (Å²) in [7, 11) is 1.83. The van der Waals surface area contributed by atoms with E-state index >= 15 is 0 Å². The quantitative estimate of drug-likeness (QED) is 0.795. The normalized spacial score (nSPS) is 35.8. The fourth-order valence-corrected chi connectivity index (χ4v) is 3.60. The molecule has 100 valence electrons. The number of methoxy groups -OCH3 is 1. The van der Waals surface area contributed by atoms with Crippen molar-refractivity contribution in [2.75, 3.05) is 20.2 Å². The lowest BCUT2D eigenvalue weighted by Gasteiger charge is -2.49. The Morgan fingerprint density at radius 2 is 1.94 bits per heavy atom. The van der Waals surface area contributed by atoms with Gasteiger partial charge in [-0.25, -0.2) is 0 Å². The summed E-state index contributed by atoms with van der Waals surface area (Å²) in [5.74, 6) is 0. The van der Waals surface area contributed by atoms with Crippen LogP contribution in [0.4, 0.5) is 0 Å². The smallest absolute Gasteiger partial charge is 0.0670 e. The summed E-state index contributed by atoms with van der Waals surface area (Å²) in [6.45, 7) is 6.63. The summed E-state index contributed by atoms with van der Waals surface area (Å²) in [6, 6.07) is 2.35. The highest BCUT2D eigenvalue weighted by molar-refractivity contribution is 4.95. The van der Waals surface area contributed by atoms with E-state index in [0.717, 1.165) is 31.2 Å². The average molecular weight is 240 g/mol. The van der Waals surface area contributed by atoms with E-state index in [-0.39, 0.29) is 0 Å². The van der Waals surface area contributed by atoms with Crippen LogP contribution < -0.4 is 5.32 Å². The molecule has 2 aliphatic rings. The molecule has 2 bridgehead atoms. The van der Waals surface area contributed by atoms with Crippen molar-refractivity contribution in [1.29, 1.82) is 0 Å². The zero-order valence-electron chi connectivity index (χ0n) is 11.6. The van der Waals surface area contributed by atoms with E-state index in [4.69, 9.17) is 4.74 Å². The fraction of sp³-hybridized carbons (Fsp3) is 1.00. The van der Waals surface area contributed by atoms with Crippen molar-refractivity contribution in [2.45, 2.75) is 70.2 Å². The van der Waals surface area contributed by atoms with Gasteiger partial charge >= 0.3 is 0 Å². The van der Waals surface area contributed by atoms with Crippen molar-refractivity contribution in [3.8, 4) is 0 Å². The lowest BCUT2D eigenvalue weighted by molar-refractivity contribution is -0.0164. The number of piperidine rings is 2. The van der Waals surface area contributed by atoms with Crippen LogP contribution in [0.1, 0.15) is 46.0 Å². The van der Waals surface area contributed by atoms with Crippen LogP contribution in [-0.4, -0.2) is 49.3 Å². The first-order valence-corrected chi connectivity index (χ1v) is 7.26. The Hall–Kier alpha value is -0.120. The van der Waals surface area contributed by atoms with Crippen molar-refractivity contribution in [3.05, 3.63) is 0 Å². The maximum Gasteiger partial charge on any atom is 0.0670 e. The monoisotopic (exact) mass is 240 g/mol. The average Bonchev–Trinajstić information content (AvgIpc) is 2.30. The Morgan fingerprint density at radius 3 is 2.47 bits per heavy atom. The molecule has 2 rings (SSSR count). The molecule has 17 heavy (non-hydrogen) atoms. The van der Waals surface area contributed by atoms with Crippen LogP contribution in [0.3, 0.4) is 0 Å². The number of rotatable bonds is 5. The minimum Gasteiger partial charge on any atom is -0.380 e. The maximum atomic E-state index is 5.44. The first-order valence-electron chi connectivity index (χ1n) is 7.26. The third kappa shape index (κ3) is 3.21. The van der Waals surface area contributed by atoms with E-state index in [2.05, 4.69) is 24.1 Å². The van der Waals surface area contributed by atoms with Gasteiger partial charge < -0.3 is 10.1 Å². The molecule has 0 aromatic rings. The van der Waals surface area contributed by atoms with Gasteiger partial charge in [-0.3, -0.25) is 4.90 Å². The Balaban J connectivity index is 1.94. The van der Waals surface area contributed by atoms with Gasteiger partial charge in [0.25, 0.3) is 0 Å². The second-order valence-electron chi connectivity index (χ2n) is 5.71. The molecular formula is C14H28N2O. The molecule has 0 saturated carbocycles. The standard InChI is InChI=1S/C14H28N2O/c1-4-15-12-8-13-6-5-7-14(9-12)16(13)10-11(2)17-3/h11-15H,4-10H2,1-3H3. The summed E-state index contributed by atoms with van der Waals surface area (Å²) in [6.07, 6.45) is 7.23. The Bertz CT molecular complexity index is 220. The third-order valence-electron chi connectivity index (χ3n) is 4.49. The zero-order chi connectivity index (χ0) is 12.3. The van der Waals surface area contributed by atoms with Gasteiger partial charge in [-0.05, 0) is 39.2 Å². The van der Waals surface area contributed by atoms with Gasteiger partial charge in [-0.1, -0.05) is 13.3 Å². The largest absolute Gasteiger partial charge is 0.380 e. The number of nitrogens with one attached hydrogen (secondary N) is 1. The van der Waals surface area contributed by atoms with E-state index in [1.807, 2.05) is 7.11 Å². The molecule has 2 saturated heterocycles. The van der Waals surface area contributed by atoms with Crippen molar-refractivity contribution in [1.82, 2.24) is 10.2 Å². The first kappa shape index (κ1) is 13.3. The second kappa shape index (κ2) is 6.17. The molecular weight excluding hydrogens is 212 g/mol. The minimum absolute atomic E-state index is 0.369. The van der Waals surface area contributed by atoms with Crippen molar-refractivity contribution < 1.29 is 4.74 Å². The van der Waals surface area contributed by atoms with E-state index in [1.165, 1.54) is 32.1 Å². The van der Waals surface area contributed by atoms with Gasteiger partial charge in [-0.2, -0.15) is 0 Å². The molecule has 3 heteroatoms. The zero-order valence-corrected chi connectivity index (χ0v) is 11.6. The van der Waals surface area contributed by atoms with Crippen LogP contribution in [0.2, 0.25) is 0 Å². The lowest BCUT2D eigenvalue weighted by atomic mass is 9.81. The Morgan fingerprint density at radius 1 is 1.29 bits per heavy atom. The van der Waals surface area contributed by atoms with Gasteiger partial charge in [0.05, 0.1) is 6.10 Å². The van der Waals surface area contributed by atoms with Crippen molar-refractivity contribution in [2.24, 2.45) is 0 Å². The SMILES string of the molecule is CCNC1CC2CCCC(C1)N2CC(C)OC. The lowest BCUT2D eigenvalue weighted by Crippen LogP contribution is -2.57. The second-order valence-corrected chi connectivity index (χ2v) is 5.71. The molecule has 2 aliphatic heterocycles. The van der Waals surface area contributed by atoms with Crippen LogP contribution in [0, 0.1) is 0 Å². The highest BCUT2D eigenvalue weighted by Gasteiger charge is 2.38. The molecule has 0 aromatic heterocycles. The highest BCUT2D eigenvalue weighted by atomic mass is 16.5. The number of nitrogens with zero attached hydrogens (tertiary/aromatic N) is 1. The minimum atomic E-state index is 0.369. The number of fused-ring (bicyclic) bond motifs is 2. The summed E-state index contributed by atoms with van der Waals surface area (Å²) < 4.78 is 5.44. The summed E-state index contributed by atoms with van der Waals surface area (Å²) in [5.41, 5.74) is 0. The van der Waals surface area contributed by atoms with Crippen LogP contribution in [0.25, 0.3) is 0 Å². The van der Waals surface area contributed by atoms with Crippen LogP contribution >= 0.6 is 0 Å². The highest BCUT2D eigenvalue weighted by Crippen LogP contribution is 2.34. The van der Waals surface area contributed by atoms with Crippen molar-refractivity contribution in [3.63, 3.8) is 0 Å². The molecule has 0 aromatic carbocycles. The van der Waals surface area contributed by atoms with Gasteiger partial charge in [-0.15, -0.1) is 0 Å². The molecule has 0 aliphatic carbocycles. The molecule has 3 unspecified atom stereocenters. The van der Waals surface area contributed by atoms with Crippen LogP contribution in [0.15, 0.2) is 0 Å². The first-order chi connectivity index (χ1) is 8.24. The molecule has 2 fully saturated rings. The molecule has 2 heterocycles. The summed E-state index contributed by atoms with van der Waals surface area (Å²) in [5, 5.41) is 3.64. The predicted octanol–water partition coefficient (Wildman–Crippen LogP) is 2.02. The van der Waals surface area contributed by atoms with E-state index in [0.29, 0.717) is 6.10 Å². The van der Waals surface area contributed by atoms with Gasteiger partial charge in [0, 0.05) is 31.8 Å².